The first-order valence-corrected chi connectivity index (χ1v) is 8.21. The second-order valence-electron chi connectivity index (χ2n) is 4.94. The maximum absolute atomic E-state index is 11.9. The molecule has 1 N–H and O–H groups in total. The summed E-state index contributed by atoms with van der Waals surface area (Å²) in [5.41, 5.74) is 2.57. The van der Waals surface area contributed by atoms with Crippen LogP contribution >= 0.6 is 11.3 Å². The van der Waals surface area contributed by atoms with E-state index in [1.807, 2.05) is 41.8 Å². The standard InChI is InChI=1S/C17H16N4OS/c22-16(20-11-13-5-1-3-9-18-13)7-8-17-21-15(12-23-17)14-6-2-4-10-19-14/h1-6,9-10,12H,7-8,11H2,(H,20,22). The van der Waals surface area contributed by atoms with Gasteiger partial charge in [-0.2, -0.15) is 0 Å². The molecule has 23 heavy (non-hydrogen) atoms. The van der Waals surface area contributed by atoms with Gasteiger partial charge in [-0.1, -0.05) is 12.1 Å². The van der Waals surface area contributed by atoms with Gasteiger partial charge >= 0.3 is 0 Å². The highest BCUT2D eigenvalue weighted by Crippen LogP contribution is 2.20. The number of amides is 1. The summed E-state index contributed by atoms with van der Waals surface area (Å²) in [6.45, 7) is 0.455. The largest absolute Gasteiger partial charge is 0.350 e. The highest BCUT2D eigenvalue weighted by atomic mass is 32.1. The molecule has 0 aliphatic carbocycles. The normalized spacial score (nSPS) is 10.4. The number of aromatic nitrogens is 3. The fraction of sp³-hybridized carbons (Fsp3) is 0.176. The fourth-order valence-corrected chi connectivity index (χ4v) is 2.85. The van der Waals surface area contributed by atoms with Gasteiger partial charge in [0.05, 0.1) is 28.6 Å². The minimum atomic E-state index is 0.00485. The minimum Gasteiger partial charge on any atom is -0.350 e. The lowest BCUT2D eigenvalue weighted by molar-refractivity contribution is -0.121. The van der Waals surface area contributed by atoms with Crippen molar-refractivity contribution in [3.05, 3.63) is 64.9 Å². The number of rotatable bonds is 6. The second kappa shape index (κ2) is 7.60. The smallest absolute Gasteiger partial charge is 0.220 e. The van der Waals surface area contributed by atoms with Crippen LogP contribution in [0.3, 0.4) is 0 Å². The lowest BCUT2D eigenvalue weighted by atomic mass is 10.3. The summed E-state index contributed by atoms with van der Waals surface area (Å²) in [4.78, 5) is 24.9. The Morgan fingerprint density at radius 1 is 1.04 bits per heavy atom. The molecule has 0 radical (unpaired) electrons. The Morgan fingerprint density at radius 2 is 1.87 bits per heavy atom. The van der Waals surface area contributed by atoms with Gasteiger partial charge in [0.25, 0.3) is 0 Å². The Morgan fingerprint density at radius 3 is 2.61 bits per heavy atom. The number of hydrogen-bond acceptors (Lipinski definition) is 5. The molecule has 116 valence electrons. The Labute approximate surface area is 138 Å². The maximum Gasteiger partial charge on any atom is 0.220 e. The molecule has 0 aliphatic heterocycles. The van der Waals surface area contributed by atoms with E-state index in [1.165, 1.54) is 0 Å². The van der Waals surface area contributed by atoms with E-state index in [0.29, 0.717) is 19.4 Å². The molecule has 5 nitrogen and oxygen atoms in total. The van der Waals surface area contributed by atoms with Crippen molar-refractivity contribution in [2.45, 2.75) is 19.4 Å². The van der Waals surface area contributed by atoms with E-state index in [1.54, 1.807) is 23.7 Å². The summed E-state index contributed by atoms with van der Waals surface area (Å²) in [5, 5.41) is 5.79. The lowest BCUT2D eigenvalue weighted by Gasteiger charge is -2.03. The zero-order chi connectivity index (χ0) is 15.9. The molecule has 0 atom stereocenters. The highest BCUT2D eigenvalue weighted by molar-refractivity contribution is 7.09. The van der Waals surface area contributed by atoms with Gasteiger partial charge in [0.1, 0.15) is 0 Å². The van der Waals surface area contributed by atoms with Crippen molar-refractivity contribution in [2.75, 3.05) is 0 Å². The van der Waals surface area contributed by atoms with Gasteiger partial charge in [-0.25, -0.2) is 4.98 Å². The number of carbonyl (C=O) groups excluding carboxylic acids is 1. The van der Waals surface area contributed by atoms with Crippen molar-refractivity contribution in [2.24, 2.45) is 0 Å². The number of nitrogens with zero attached hydrogens (tertiary/aromatic N) is 3. The number of hydrogen-bond donors (Lipinski definition) is 1. The van der Waals surface area contributed by atoms with Crippen LogP contribution in [0.15, 0.2) is 54.2 Å². The molecule has 3 aromatic heterocycles. The van der Waals surface area contributed by atoms with Crippen LogP contribution in [0.4, 0.5) is 0 Å². The number of carbonyl (C=O) groups is 1. The van der Waals surface area contributed by atoms with Crippen LogP contribution < -0.4 is 5.32 Å². The van der Waals surface area contributed by atoms with Gasteiger partial charge in [-0.3, -0.25) is 14.8 Å². The van der Waals surface area contributed by atoms with E-state index in [-0.39, 0.29) is 5.91 Å². The molecular weight excluding hydrogens is 308 g/mol. The minimum absolute atomic E-state index is 0.00485. The maximum atomic E-state index is 11.9. The van der Waals surface area contributed by atoms with Gasteiger partial charge in [-0.15, -0.1) is 11.3 Å². The van der Waals surface area contributed by atoms with E-state index in [2.05, 4.69) is 20.3 Å². The molecule has 6 heteroatoms. The van der Waals surface area contributed by atoms with Crippen LogP contribution in [0.1, 0.15) is 17.1 Å². The highest BCUT2D eigenvalue weighted by Gasteiger charge is 2.08. The third-order valence-corrected chi connectivity index (χ3v) is 4.15. The summed E-state index contributed by atoms with van der Waals surface area (Å²) in [6, 6.07) is 11.4. The van der Waals surface area contributed by atoms with Crippen molar-refractivity contribution in [3.8, 4) is 11.4 Å². The lowest BCUT2D eigenvalue weighted by Crippen LogP contribution is -2.23. The summed E-state index contributed by atoms with van der Waals surface area (Å²) in [5.74, 6) is 0.00485. The number of nitrogens with one attached hydrogen (secondary N) is 1. The first-order chi connectivity index (χ1) is 11.3. The van der Waals surface area contributed by atoms with Crippen molar-refractivity contribution in [1.29, 1.82) is 0 Å². The Hall–Kier alpha value is -2.60. The average molecular weight is 324 g/mol. The zero-order valence-corrected chi connectivity index (χ0v) is 13.3. The molecule has 0 saturated carbocycles. The molecule has 0 aromatic carbocycles. The molecule has 0 fully saturated rings. The molecule has 3 rings (SSSR count). The second-order valence-corrected chi connectivity index (χ2v) is 5.88. The summed E-state index contributed by atoms with van der Waals surface area (Å²) >= 11 is 1.56. The van der Waals surface area contributed by atoms with Crippen LogP contribution in [0.25, 0.3) is 11.4 Å². The van der Waals surface area contributed by atoms with Gasteiger partial charge in [-0.05, 0) is 24.3 Å². The van der Waals surface area contributed by atoms with E-state index in [4.69, 9.17) is 0 Å². The van der Waals surface area contributed by atoms with Crippen LogP contribution in [-0.2, 0) is 17.8 Å². The summed E-state index contributed by atoms with van der Waals surface area (Å²) in [7, 11) is 0. The third-order valence-electron chi connectivity index (χ3n) is 3.24. The Bertz CT molecular complexity index is 759. The molecule has 3 aromatic rings. The van der Waals surface area contributed by atoms with Crippen LogP contribution in [0, 0.1) is 0 Å². The Balaban J connectivity index is 1.49. The molecule has 0 saturated heterocycles. The van der Waals surface area contributed by atoms with Gasteiger partial charge < -0.3 is 5.32 Å². The van der Waals surface area contributed by atoms with E-state index in [9.17, 15) is 4.79 Å². The average Bonchev–Trinajstić information content (AvgIpc) is 3.09. The molecule has 3 heterocycles. The third kappa shape index (κ3) is 4.43. The van der Waals surface area contributed by atoms with Gasteiger partial charge in [0, 0.05) is 30.6 Å². The van der Waals surface area contributed by atoms with Crippen LogP contribution in [0.2, 0.25) is 0 Å². The first-order valence-electron chi connectivity index (χ1n) is 7.34. The van der Waals surface area contributed by atoms with Gasteiger partial charge in [0.2, 0.25) is 5.91 Å². The molecule has 1 amide bonds. The SMILES string of the molecule is O=C(CCc1nc(-c2ccccn2)cs1)NCc1ccccn1. The predicted molar refractivity (Wildman–Crippen MR) is 89.7 cm³/mol. The number of thiazole rings is 1. The monoisotopic (exact) mass is 324 g/mol. The molecule has 0 unspecified atom stereocenters. The first kappa shape index (κ1) is 15.3. The summed E-state index contributed by atoms with van der Waals surface area (Å²) < 4.78 is 0. The number of aryl methyl sites for hydroxylation is 1. The van der Waals surface area contributed by atoms with Gasteiger partial charge in [0.15, 0.2) is 0 Å². The molecule has 0 aliphatic rings. The molecular formula is C17H16N4OS. The molecule has 0 bridgehead atoms. The quantitative estimate of drug-likeness (QED) is 0.757. The Kier molecular flexibility index (Phi) is 5.06. The van der Waals surface area contributed by atoms with E-state index in [0.717, 1.165) is 22.1 Å². The van der Waals surface area contributed by atoms with E-state index < -0.39 is 0 Å². The van der Waals surface area contributed by atoms with Crippen molar-refractivity contribution in [1.82, 2.24) is 20.3 Å². The summed E-state index contributed by atoms with van der Waals surface area (Å²) in [6.07, 6.45) is 4.52. The topological polar surface area (TPSA) is 67.8 Å². The fourth-order valence-electron chi connectivity index (χ4n) is 2.06. The predicted octanol–water partition coefficient (Wildman–Crippen LogP) is 2.85. The van der Waals surface area contributed by atoms with Crippen molar-refractivity contribution >= 4 is 17.2 Å². The number of pyridine rings is 2. The van der Waals surface area contributed by atoms with Crippen LogP contribution in [-0.4, -0.2) is 20.9 Å². The molecule has 0 spiro atoms. The zero-order valence-electron chi connectivity index (χ0n) is 12.5. The van der Waals surface area contributed by atoms with Crippen molar-refractivity contribution < 1.29 is 4.79 Å². The van der Waals surface area contributed by atoms with Crippen LogP contribution in [0.5, 0.6) is 0 Å². The van der Waals surface area contributed by atoms with E-state index >= 15 is 0 Å². The van der Waals surface area contributed by atoms with Crippen molar-refractivity contribution in [3.63, 3.8) is 0 Å².